The van der Waals surface area contributed by atoms with Crippen LogP contribution in [0.5, 0.6) is 5.75 Å². The van der Waals surface area contributed by atoms with Crippen LogP contribution in [0.3, 0.4) is 0 Å². The molecule has 2 aromatic rings. The minimum atomic E-state index is -0.701. The first kappa shape index (κ1) is 15.6. The van der Waals surface area contributed by atoms with Crippen LogP contribution in [0.15, 0.2) is 42.5 Å². The zero-order valence-corrected chi connectivity index (χ0v) is 13.6. The number of amides is 3. The molecule has 4 rings (SSSR count). The van der Waals surface area contributed by atoms with Crippen LogP contribution >= 0.6 is 0 Å². The Kier molecular flexibility index (Phi) is 3.87. The highest BCUT2D eigenvalue weighted by Gasteiger charge is 2.44. The number of rotatable bonds is 5. The van der Waals surface area contributed by atoms with Gasteiger partial charge in [0.15, 0.2) is 6.61 Å². The molecule has 0 aromatic heterocycles. The molecule has 6 nitrogen and oxygen atoms in total. The summed E-state index contributed by atoms with van der Waals surface area (Å²) in [5, 5.41) is 4.40. The van der Waals surface area contributed by atoms with Crippen LogP contribution in [0.2, 0.25) is 0 Å². The van der Waals surface area contributed by atoms with Crippen molar-refractivity contribution in [1.82, 2.24) is 10.2 Å². The van der Waals surface area contributed by atoms with E-state index in [4.69, 9.17) is 4.74 Å². The summed E-state index contributed by atoms with van der Waals surface area (Å²) in [5.74, 6) is -0.375. The Hall–Kier alpha value is -2.89. The maximum Gasteiger partial charge on any atom is 0.261 e. The molecule has 128 valence electrons. The summed E-state index contributed by atoms with van der Waals surface area (Å²) in [6.07, 6.45) is 1.76. The zero-order valence-electron chi connectivity index (χ0n) is 13.6. The van der Waals surface area contributed by atoms with E-state index in [-0.39, 0.29) is 30.9 Å². The molecule has 2 fully saturated rings. The summed E-state index contributed by atoms with van der Waals surface area (Å²) in [5.41, 5.74) is 0. The summed E-state index contributed by atoms with van der Waals surface area (Å²) < 4.78 is 5.65. The van der Waals surface area contributed by atoms with E-state index in [1.165, 1.54) is 4.90 Å². The summed E-state index contributed by atoms with van der Waals surface area (Å²) in [7, 11) is 0. The summed E-state index contributed by atoms with van der Waals surface area (Å²) in [4.78, 5) is 37.5. The number of hydrogen-bond donors (Lipinski definition) is 1. The van der Waals surface area contributed by atoms with E-state index in [1.807, 2.05) is 42.5 Å². The van der Waals surface area contributed by atoms with Gasteiger partial charge in [-0.15, -0.1) is 0 Å². The van der Waals surface area contributed by atoms with Gasteiger partial charge in [0.2, 0.25) is 11.8 Å². The molecule has 2 aromatic carbocycles. The van der Waals surface area contributed by atoms with E-state index >= 15 is 0 Å². The molecule has 25 heavy (non-hydrogen) atoms. The van der Waals surface area contributed by atoms with E-state index < -0.39 is 11.9 Å². The number of hydrogen-bond acceptors (Lipinski definition) is 4. The van der Waals surface area contributed by atoms with Gasteiger partial charge in [-0.05, 0) is 35.7 Å². The smallest absolute Gasteiger partial charge is 0.261 e. The third-order valence-electron chi connectivity index (χ3n) is 4.59. The average molecular weight is 338 g/mol. The van der Waals surface area contributed by atoms with Gasteiger partial charge in [-0.25, -0.2) is 0 Å². The minimum absolute atomic E-state index is 0.0364. The van der Waals surface area contributed by atoms with E-state index in [9.17, 15) is 14.4 Å². The number of fused-ring (bicyclic) bond motifs is 1. The van der Waals surface area contributed by atoms with Gasteiger partial charge < -0.3 is 9.64 Å². The molecule has 1 saturated heterocycles. The second-order valence-electron chi connectivity index (χ2n) is 6.46. The highest BCUT2D eigenvalue weighted by atomic mass is 16.5. The zero-order chi connectivity index (χ0) is 17.4. The first-order chi connectivity index (χ1) is 12.1. The van der Waals surface area contributed by atoms with Crippen molar-refractivity contribution in [2.45, 2.75) is 31.3 Å². The van der Waals surface area contributed by atoms with Crippen LogP contribution in [0.1, 0.15) is 19.3 Å². The Morgan fingerprint density at radius 2 is 1.88 bits per heavy atom. The number of nitrogens with zero attached hydrogens (tertiary/aromatic N) is 1. The summed E-state index contributed by atoms with van der Waals surface area (Å²) >= 11 is 0. The number of nitrogens with one attached hydrogen (secondary N) is 1. The Labute approximate surface area is 144 Å². The van der Waals surface area contributed by atoms with Gasteiger partial charge >= 0.3 is 0 Å². The lowest BCUT2D eigenvalue weighted by Crippen LogP contribution is -2.47. The Morgan fingerprint density at radius 1 is 1.12 bits per heavy atom. The largest absolute Gasteiger partial charge is 0.484 e. The molecule has 2 aliphatic rings. The number of imide groups is 1. The molecular formula is C19H18N2O4. The van der Waals surface area contributed by atoms with Gasteiger partial charge in [0.1, 0.15) is 11.8 Å². The van der Waals surface area contributed by atoms with Crippen molar-refractivity contribution in [3.8, 4) is 5.75 Å². The predicted molar refractivity (Wildman–Crippen MR) is 90.9 cm³/mol. The lowest BCUT2D eigenvalue weighted by molar-refractivity contribution is -0.141. The number of ether oxygens (including phenoxy) is 1. The average Bonchev–Trinajstić information content (AvgIpc) is 3.38. The van der Waals surface area contributed by atoms with Crippen LogP contribution in [0.4, 0.5) is 0 Å². The van der Waals surface area contributed by atoms with Crippen LogP contribution in [0, 0.1) is 0 Å². The van der Waals surface area contributed by atoms with Gasteiger partial charge in [-0.1, -0.05) is 30.3 Å². The fraction of sp³-hybridized carbons (Fsp3) is 0.316. The number of carbonyl (C=O) groups is 3. The van der Waals surface area contributed by atoms with E-state index in [0.29, 0.717) is 5.75 Å². The molecule has 0 unspecified atom stereocenters. The van der Waals surface area contributed by atoms with Crippen LogP contribution in [-0.2, 0) is 14.4 Å². The molecule has 1 N–H and O–H groups in total. The quantitative estimate of drug-likeness (QED) is 0.841. The van der Waals surface area contributed by atoms with E-state index in [2.05, 4.69) is 5.32 Å². The van der Waals surface area contributed by atoms with Gasteiger partial charge in [-0.3, -0.25) is 19.7 Å². The SMILES string of the molecule is O=C1C[C@@H](N(C(=O)COc2ccc3ccccc3c2)C2CC2)C(=O)N1. The normalized spacial score (nSPS) is 19.8. The molecule has 0 radical (unpaired) electrons. The van der Waals surface area contributed by atoms with Gasteiger partial charge in [0.25, 0.3) is 5.91 Å². The maximum atomic E-state index is 12.6. The molecule has 6 heteroatoms. The fourth-order valence-electron chi connectivity index (χ4n) is 3.23. The standard InChI is InChI=1S/C19H18N2O4/c22-17-10-16(19(24)20-17)21(14-6-7-14)18(23)11-25-15-8-5-12-3-1-2-4-13(12)9-15/h1-5,8-9,14,16H,6-7,10-11H2,(H,20,22,24)/t16-/m1/s1. The van der Waals surface area contributed by atoms with Crippen molar-refractivity contribution in [2.75, 3.05) is 6.61 Å². The maximum absolute atomic E-state index is 12.6. The Balaban J connectivity index is 1.46. The topological polar surface area (TPSA) is 75.7 Å². The fourth-order valence-corrected chi connectivity index (χ4v) is 3.23. The van der Waals surface area contributed by atoms with Gasteiger partial charge in [0, 0.05) is 6.04 Å². The lowest BCUT2D eigenvalue weighted by Gasteiger charge is -2.26. The molecule has 1 atom stereocenters. The first-order valence-corrected chi connectivity index (χ1v) is 8.38. The minimum Gasteiger partial charge on any atom is -0.484 e. The summed E-state index contributed by atoms with van der Waals surface area (Å²) in [6, 6.07) is 12.9. The summed E-state index contributed by atoms with van der Waals surface area (Å²) in [6.45, 7) is -0.146. The third-order valence-corrected chi connectivity index (χ3v) is 4.59. The van der Waals surface area contributed by atoms with Crippen LogP contribution < -0.4 is 10.1 Å². The van der Waals surface area contributed by atoms with Crippen molar-refractivity contribution in [3.05, 3.63) is 42.5 Å². The van der Waals surface area contributed by atoms with E-state index in [0.717, 1.165) is 23.6 Å². The molecule has 0 spiro atoms. The Morgan fingerprint density at radius 3 is 2.56 bits per heavy atom. The van der Waals surface area contributed by atoms with E-state index in [1.54, 1.807) is 0 Å². The highest BCUT2D eigenvalue weighted by molar-refractivity contribution is 6.07. The highest BCUT2D eigenvalue weighted by Crippen LogP contribution is 2.31. The van der Waals surface area contributed by atoms with Gasteiger partial charge in [0.05, 0.1) is 6.42 Å². The van der Waals surface area contributed by atoms with Crippen LogP contribution in [0.25, 0.3) is 10.8 Å². The lowest BCUT2D eigenvalue weighted by atomic mass is 10.1. The molecule has 0 bridgehead atoms. The van der Waals surface area contributed by atoms with Crippen LogP contribution in [-0.4, -0.2) is 41.3 Å². The van der Waals surface area contributed by atoms with Gasteiger partial charge in [-0.2, -0.15) is 0 Å². The second kappa shape index (κ2) is 6.20. The Bertz CT molecular complexity index is 859. The number of carbonyl (C=O) groups excluding carboxylic acids is 3. The van der Waals surface area contributed by atoms with Crippen molar-refractivity contribution < 1.29 is 19.1 Å². The number of benzene rings is 2. The molecular weight excluding hydrogens is 320 g/mol. The molecule has 1 heterocycles. The molecule has 1 aliphatic heterocycles. The van der Waals surface area contributed by atoms with Crippen molar-refractivity contribution in [3.63, 3.8) is 0 Å². The van der Waals surface area contributed by atoms with Crippen molar-refractivity contribution in [1.29, 1.82) is 0 Å². The van der Waals surface area contributed by atoms with Crippen molar-refractivity contribution in [2.24, 2.45) is 0 Å². The monoisotopic (exact) mass is 338 g/mol. The molecule has 3 amide bonds. The third kappa shape index (κ3) is 3.20. The molecule has 1 aliphatic carbocycles. The predicted octanol–water partition coefficient (Wildman–Crippen LogP) is 1.62. The van der Waals surface area contributed by atoms with Crippen molar-refractivity contribution >= 4 is 28.5 Å². The second-order valence-corrected chi connectivity index (χ2v) is 6.46. The molecule has 1 saturated carbocycles. The first-order valence-electron chi connectivity index (χ1n) is 8.38.